The van der Waals surface area contributed by atoms with Crippen LogP contribution in [0.2, 0.25) is 0 Å². The summed E-state index contributed by atoms with van der Waals surface area (Å²) < 4.78 is 2.01. The van der Waals surface area contributed by atoms with Crippen LogP contribution < -0.4 is 11.1 Å². The molecular weight excluding hydrogens is 312 g/mol. The number of amides is 1. The monoisotopic (exact) mass is 336 g/mol. The van der Waals surface area contributed by atoms with Crippen LogP contribution >= 0.6 is 0 Å². The second kappa shape index (κ2) is 7.49. The first-order chi connectivity index (χ1) is 12.1. The highest BCUT2D eigenvalue weighted by molar-refractivity contribution is 5.94. The van der Waals surface area contributed by atoms with Gasteiger partial charge in [0.25, 0.3) is 5.91 Å². The lowest BCUT2D eigenvalue weighted by molar-refractivity contribution is 0.0934. The normalized spacial score (nSPS) is 12.5. The fourth-order valence-electron chi connectivity index (χ4n) is 2.99. The largest absolute Gasteiger partial charge is 0.348 e. The van der Waals surface area contributed by atoms with Gasteiger partial charge in [0.05, 0.1) is 11.0 Å². The first kappa shape index (κ1) is 17.2. The smallest absolute Gasteiger partial charge is 0.251 e. The number of carbonyl (C=O) groups is 1. The minimum Gasteiger partial charge on any atom is -0.348 e. The van der Waals surface area contributed by atoms with E-state index in [1.54, 1.807) is 6.33 Å². The van der Waals surface area contributed by atoms with Crippen LogP contribution in [-0.2, 0) is 0 Å². The highest BCUT2D eigenvalue weighted by Crippen LogP contribution is 2.18. The summed E-state index contributed by atoms with van der Waals surface area (Å²) in [7, 11) is 0. The molecule has 5 heteroatoms. The summed E-state index contributed by atoms with van der Waals surface area (Å²) >= 11 is 0. The minimum absolute atomic E-state index is 0.00442. The van der Waals surface area contributed by atoms with Gasteiger partial charge in [0.15, 0.2) is 0 Å². The number of hydrogen-bond donors (Lipinski definition) is 2. The summed E-state index contributed by atoms with van der Waals surface area (Å²) in [6.07, 6.45) is 2.67. The fraction of sp³-hybridized carbons (Fsp3) is 0.300. The molecule has 0 radical (unpaired) electrons. The maximum absolute atomic E-state index is 12.4. The summed E-state index contributed by atoms with van der Waals surface area (Å²) in [5.74, 6) is 0.406. The number of nitrogens with two attached hydrogens (primary N) is 1. The second-order valence-electron chi connectivity index (χ2n) is 6.69. The van der Waals surface area contributed by atoms with E-state index in [4.69, 9.17) is 5.73 Å². The van der Waals surface area contributed by atoms with Gasteiger partial charge in [0, 0.05) is 23.8 Å². The molecule has 1 amide bonds. The predicted molar refractivity (Wildman–Crippen MR) is 101 cm³/mol. The Hall–Kier alpha value is -2.66. The molecule has 25 heavy (non-hydrogen) atoms. The molecule has 1 atom stereocenters. The molecule has 0 aliphatic heterocycles. The van der Waals surface area contributed by atoms with E-state index in [0.29, 0.717) is 18.0 Å². The van der Waals surface area contributed by atoms with Crippen LogP contribution in [0.25, 0.3) is 16.7 Å². The second-order valence-corrected chi connectivity index (χ2v) is 6.69. The van der Waals surface area contributed by atoms with Crippen molar-refractivity contribution in [3.05, 3.63) is 60.4 Å². The summed E-state index contributed by atoms with van der Waals surface area (Å²) in [6.45, 7) is 4.70. The van der Waals surface area contributed by atoms with Crippen LogP contribution in [0.5, 0.6) is 0 Å². The molecule has 1 unspecified atom stereocenters. The van der Waals surface area contributed by atoms with Crippen molar-refractivity contribution in [3.8, 4) is 5.69 Å². The molecule has 0 spiro atoms. The maximum Gasteiger partial charge on any atom is 0.251 e. The van der Waals surface area contributed by atoms with Gasteiger partial charge in [-0.3, -0.25) is 9.36 Å². The Morgan fingerprint density at radius 1 is 1.16 bits per heavy atom. The van der Waals surface area contributed by atoms with E-state index in [1.165, 1.54) is 0 Å². The van der Waals surface area contributed by atoms with Gasteiger partial charge in [0.1, 0.15) is 6.33 Å². The predicted octanol–water partition coefficient (Wildman–Crippen LogP) is 3.13. The topological polar surface area (TPSA) is 72.9 Å². The van der Waals surface area contributed by atoms with Gasteiger partial charge in [-0.2, -0.15) is 0 Å². The fourth-order valence-corrected chi connectivity index (χ4v) is 2.99. The average molecular weight is 336 g/mol. The number of aromatic nitrogens is 2. The molecule has 0 fully saturated rings. The molecule has 0 saturated heterocycles. The molecule has 1 aromatic heterocycles. The first-order valence-electron chi connectivity index (χ1n) is 8.62. The van der Waals surface area contributed by atoms with Crippen molar-refractivity contribution >= 4 is 16.9 Å². The van der Waals surface area contributed by atoms with E-state index in [1.807, 2.05) is 53.1 Å². The molecule has 0 aliphatic rings. The molecule has 130 valence electrons. The molecule has 0 aliphatic carbocycles. The lowest BCUT2D eigenvalue weighted by Crippen LogP contribution is -2.41. The lowest BCUT2D eigenvalue weighted by Gasteiger charge is -2.19. The highest BCUT2D eigenvalue weighted by atomic mass is 16.1. The van der Waals surface area contributed by atoms with Crippen molar-refractivity contribution in [1.29, 1.82) is 0 Å². The van der Waals surface area contributed by atoms with Crippen molar-refractivity contribution in [2.45, 2.75) is 26.3 Å². The Kier molecular flexibility index (Phi) is 5.14. The SMILES string of the molecule is CC(C)CC(CN)NC(=O)c1ccc(-n2cnc3ccccc32)cc1. The number of para-hydroxylation sites is 2. The molecule has 1 heterocycles. The molecule has 2 aromatic carbocycles. The molecule has 3 N–H and O–H groups in total. The van der Waals surface area contributed by atoms with Crippen molar-refractivity contribution in [2.75, 3.05) is 6.54 Å². The Balaban J connectivity index is 1.77. The number of benzene rings is 2. The number of fused-ring (bicyclic) bond motifs is 1. The van der Waals surface area contributed by atoms with Crippen molar-refractivity contribution in [3.63, 3.8) is 0 Å². The summed E-state index contributed by atoms with van der Waals surface area (Å²) in [6, 6.07) is 15.5. The van der Waals surface area contributed by atoms with Gasteiger partial charge in [0.2, 0.25) is 0 Å². The van der Waals surface area contributed by atoms with E-state index in [-0.39, 0.29) is 11.9 Å². The van der Waals surface area contributed by atoms with Crippen LogP contribution in [0, 0.1) is 5.92 Å². The Labute approximate surface area is 147 Å². The minimum atomic E-state index is -0.0851. The number of nitrogens with one attached hydrogen (secondary N) is 1. The van der Waals surface area contributed by atoms with Crippen LogP contribution in [0.3, 0.4) is 0 Å². The zero-order valence-corrected chi connectivity index (χ0v) is 14.6. The molecule has 0 saturated carbocycles. The number of hydrogen-bond acceptors (Lipinski definition) is 3. The van der Waals surface area contributed by atoms with Crippen LogP contribution in [0.4, 0.5) is 0 Å². The van der Waals surface area contributed by atoms with E-state index < -0.39 is 0 Å². The van der Waals surface area contributed by atoms with Crippen molar-refractivity contribution in [2.24, 2.45) is 11.7 Å². The van der Waals surface area contributed by atoms with E-state index >= 15 is 0 Å². The van der Waals surface area contributed by atoms with E-state index in [0.717, 1.165) is 23.1 Å². The van der Waals surface area contributed by atoms with Crippen molar-refractivity contribution < 1.29 is 4.79 Å². The molecule has 3 aromatic rings. The first-order valence-corrected chi connectivity index (χ1v) is 8.62. The van der Waals surface area contributed by atoms with E-state index in [9.17, 15) is 4.79 Å². The molecule has 5 nitrogen and oxygen atoms in total. The molecule has 3 rings (SSSR count). The zero-order chi connectivity index (χ0) is 17.8. The third-order valence-electron chi connectivity index (χ3n) is 4.24. The van der Waals surface area contributed by atoms with Gasteiger partial charge in [-0.25, -0.2) is 4.98 Å². The molecular formula is C20H24N4O. The summed E-state index contributed by atoms with van der Waals surface area (Å²) in [5, 5.41) is 3.02. The average Bonchev–Trinajstić information content (AvgIpc) is 3.05. The highest BCUT2D eigenvalue weighted by Gasteiger charge is 2.14. The standard InChI is InChI=1S/C20H24N4O/c1-14(2)11-16(12-21)23-20(25)15-7-9-17(10-8-15)24-13-22-18-5-3-4-6-19(18)24/h3-10,13-14,16H,11-12,21H2,1-2H3,(H,23,25). The van der Waals surface area contributed by atoms with Crippen LogP contribution in [0.15, 0.2) is 54.9 Å². The molecule has 0 bridgehead atoms. The van der Waals surface area contributed by atoms with E-state index in [2.05, 4.69) is 24.1 Å². The Morgan fingerprint density at radius 2 is 1.88 bits per heavy atom. The van der Waals surface area contributed by atoms with Gasteiger partial charge in [-0.15, -0.1) is 0 Å². The quantitative estimate of drug-likeness (QED) is 0.726. The third-order valence-corrected chi connectivity index (χ3v) is 4.24. The Morgan fingerprint density at radius 3 is 2.56 bits per heavy atom. The van der Waals surface area contributed by atoms with Gasteiger partial charge in [-0.1, -0.05) is 26.0 Å². The number of nitrogens with zero attached hydrogens (tertiary/aromatic N) is 2. The number of imidazole rings is 1. The van der Waals surface area contributed by atoms with Gasteiger partial charge in [-0.05, 0) is 48.7 Å². The van der Waals surface area contributed by atoms with Crippen molar-refractivity contribution in [1.82, 2.24) is 14.9 Å². The lowest BCUT2D eigenvalue weighted by atomic mass is 10.0. The van der Waals surface area contributed by atoms with Crippen LogP contribution in [-0.4, -0.2) is 28.0 Å². The summed E-state index contributed by atoms with van der Waals surface area (Å²) in [4.78, 5) is 16.8. The number of carbonyl (C=O) groups excluding carboxylic acids is 1. The van der Waals surface area contributed by atoms with Gasteiger partial charge < -0.3 is 11.1 Å². The van der Waals surface area contributed by atoms with Crippen LogP contribution in [0.1, 0.15) is 30.6 Å². The third kappa shape index (κ3) is 3.88. The Bertz CT molecular complexity index is 852. The zero-order valence-electron chi connectivity index (χ0n) is 14.6. The van der Waals surface area contributed by atoms with Gasteiger partial charge >= 0.3 is 0 Å². The maximum atomic E-state index is 12.4. The number of rotatable bonds is 6. The summed E-state index contributed by atoms with van der Waals surface area (Å²) in [5.41, 5.74) is 9.36.